The van der Waals surface area contributed by atoms with E-state index in [1.807, 2.05) is 24.3 Å². The third kappa shape index (κ3) is 5.80. The van der Waals surface area contributed by atoms with Crippen molar-refractivity contribution in [1.29, 1.82) is 0 Å². The number of benzene rings is 1. The summed E-state index contributed by atoms with van der Waals surface area (Å²) in [4.78, 5) is 11.6. The normalized spacial score (nSPS) is 10.7. The molecular formula is C14H22N2O2. The minimum absolute atomic E-state index is 0.0279. The molecule has 1 rings (SSSR count). The van der Waals surface area contributed by atoms with Crippen molar-refractivity contribution in [3.8, 4) is 0 Å². The van der Waals surface area contributed by atoms with E-state index in [4.69, 9.17) is 5.11 Å². The molecule has 0 aromatic heterocycles. The molecule has 0 heterocycles. The lowest BCUT2D eigenvalue weighted by atomic mass is 10.1. The molecule has 0 aliphatic rings. The van der Waals surface area contributed by atoms with Gasteiger partial charge >= 0.3 is 0 Å². The van der Waals surface area contributed by atoms with E-state index in [-0.39, 0.29) is 12.5 Å². The highest BCUT2D eigenvalue weighted by atomic mass is 16.3. The highest BCUT2D eigenvalue weighted by Gasteiger charge is 2.02. The van der Waals surface area contributed by atoms with Crippen LogP contribution in [-0.4, -0.2) is 23.6 Å². The predicted octanol–water partition coefficient (Wildman–Crippen LogP) is 1.18. The summed E-state index contributed by atoms with van der Waals surface area (Å²) >= 11 is 0. The molecule has 0 unspecified atom stereocenters. The summed E-state index contributed by atoms with van der Waals surface area (Å²) in [7, 11) is 0. The number of amides is 1. The molecule has 1 amide bonds. The highest BCUT2D eigenvalue weighted by Crippen LogP contribution is 2.04. The number of hydrogen-bond donors (Lipinski definition) is 3. The summed E-state index contributed by atoms with van der Waals surface area (Å²) in [6, 6.07) is 7.97. The SMILES string of the molecule is CC(C)NCCC(=O)NCc1cccc(CO)c1. The maximum absolute atomic E-state index is 11.6. The first-order chi connectivity index (χ1) is 8.61. The van der Waals surface area contributed by atoms with Crippen LogP contribution in [0.3, 0.4) is 0 Å². The van der Waals surface area contributed by atoms with Crippen LogP contribution < -0.4 is 10.6 Å². The van der Waals surface area contributed by atoms with Gasteiger partial charge in [0, 0.05) is 25.6 Å². The molecule has 1 aromatic carbocycles. The van der Waals surface area contributed by atoms with Gasteiger partial charge in [-0.3, -0.25) is 4.79 Å². The number of nitrogens with one attached hydrogen (secondary N) is 2. The van der Waals surface area contributed by atoms with Gasteiger partial charge in [-0.2, -0.15) is 0 Å². The van der Waals surface area contributed by atoms with E-state index in [0.717, 1.165) is 11.1 Å². The van der Waals surface area contributed by atoms with E-state index in [1.54, 1.807) is 0 Å². The van der Waals surface area contributed by atoms with E-state index in [9.17, 15) is 4.79 Å². The lowest BCUT2D eigenvalue weighted by Gasteiger charge is -2.09. The lowest BCUT2D eigenvalue weighted by Crippen LogP contribution is -2.30. The molecule has 3 N–H and O–H groups in total. The molecule has 0 spiro atoms. The Labute approximate surface area is 108 Å². The van der Waals surface area contributed by atoms with Crippen molar-refractivity contribution < 1.29 is 9.90 Å². The lowest BCUT2D eigenvalue weighted by molar-refractivity contribution is -0.121. The maximum Gasteiger partial charge on any atom is 0.221 e. The van der Waals surface area contributed by atoms with E-state index in [0.29, 0.717) is 25.6 Å². The predicted molar refractivity (Wildman–Crippen MR) is 72.0 cm³/mol. The van der Waals surface area contributed by atoms with E-state index in [1.165, 1.54) is 0 Å². The summed E-state index contributed by atoms with van der Waals surface area (Å²) in [5.41, 5.74) is 1.87. The first kappa shape index (κ1) is 14.7. The number of carbonyl (C=O) groups is 1. The molecule has 0 atom stereocenters. The van der Waals surface area contributed by atoms with Crippen LogP contribution in [0.2, 0.25) is 0 Å². The van der Waals surface area contributed by atoms with Crippen LogP contribution >= 0.6 is 0 Å². The molecule has 0 aliphatic heterocycles. The number of rotatable bonds is 7. The second-order valence-corrected chi connectivity index (χ2v) is 4.61. The van der Waals surface area contributed by atoms with Gasteiger partial charge in [0.15, 0.2) is 0 Å². The fraction of sp³-hybridized carbons (Fsp3) is 0.500. The van der Waals surface area contributed by atoms with Gasteiger partial charge in [0.2, 0.25) is 5.91 Å². The first-order valence-electron chi connectivity index (χ1n) is 6.30. The number of carbonyl (C=O) groups excluding carboxylic acids is 1. The molecule has 0 radical (unpaired) electrons. The monoisotopic (exact) mass is 250 g/mol. The van der Waals surface area contributed by atoms with Crippen molar-refractivity contribution in [3.05, 3.63) is 35.4 Å². The number of aliphatic hydroxyl groups excluding tert-OH is 1. The smallest absolute Gasteiger partial charge is 0.221 e. The summed E-state index contributed by atoms with van der Waals surface area (Å²) in [6.45, 7) is 5.34. The largest absolute Gasteiger partial charge is 0.392 e. The second kappa shape index (κ2) is 7.84. The maximum atomic E-state index is 11.6. The topological polar surface area (TPSA) is 61.4 Å². The molecule has 0 saturated heterocycles. The van der Waals surface area contributed by atoms with Gasteiger partial charge < -0.3 is 15.7 Å². The third-order valence-corrected chi connectivity index (χ3v) is 2.57. The van der Waals surface area contributed by atoms with E-state index in [2.05, 4.69) is 24.5 Å². The molecule has 100 valence electrons. The fourth-order valence-corrected chi connectivity index (χ4v) is 1.60. The van der Waals surface area contributed by atoms with Crippen LogP contribution in [0, 0.1) is 0 Å². The molecule has 1 aromatic rings. The van der Waals surface area contributed by atoms with Gasteiger partial charge in [-0.25, -0.2) is 0 Å². The van der Waals surface area contributed by atoms with Crippen LogP contribution in [0.4, 0.5) is 0 Å². The van der Waals surface area contributed by atoms with Gasteiger partial charge in [-0.05, 0) is 11.1 Å². The fourth-order valence-electron chi connectivity index (χ4n) is 1.60. The van der Waals surface area contributed by atoms with E-state index >= 15 is 0 Å². The minimum atomic E-state index is 0.0279. The van der Waals surface area contributed by atoms with Crippen molar-refractivity contribution in [1.82, 2.24) is 10.6 Å². The minimum Gasteiger partial charge on any atom is -0.392 e. The van der Waals surface area contributed by atoms with Crippen LogP contribution in [0.25, 0.3) is 0 Å². The Morgan fingerprint density at radius 2 is 2.06 bits per heavy atom. The standard InChI is InChI=1S/C14H22N2O2/c1-11(2)15-7-6-14(18)16-9-12-4-3-5-13(8-12)10-17/h3-5,8,11,15,17H,6-7,9-10H2,1-2H3,(H,16,18). The van der Waals surface area contributed by atoms with Crippen molar-refractivity contribution >= 4 is 5.91 Å². The molecule has 4 heteroatoms. The van der Waals surface area contributed by atoms with Crippen molar-refractivity contribution in [3.63, 3.8) is 0 Å². The molecule has 0 saturated carbocycles. The summed E-state index contributed by atoms with van der Waals surface area (Å²) in [5, 5.41) is 15.1. The zero-order valence-corrected chi connectivity index (χ0v) is 11.1. The van der Waals surface area contributed by atoms with Crippen LogP contribution in [0.15, 0.2) is 24.3 Å². The van der Waals surface area contributed by atoms with Crippen LogP contribution in [0.5, 0.6) is 0 Å². The highest BCUT2D eigenvalue weighted by molar-refractivity contribution is 5.76. The molecule has 0 fully saturated rings. The Morgan fingerprint density at radius 1 is 1.33 bits per heavy atom. The van der Waals surface area contributed by atoms with Crippen molar-refractivity contribution in [2.45, 2.75) is 39.5 Å². The molecule has 18 heavy (non-hydrogen) atoms. The Morgan fingerprint density at radius 3 is 2.72 bits per heavy atom. The van der Waals surface area contributed by atoms with Gasteiger partial charge in [0.25, 0.3) is 0 Å². The van der Waals surface area contributed by atoms with Crippen LogP contribution in [0.1, 0.15) is 31.4 Å². The van der Waals surface area contributed by atoms with Crippen LogP contribution in [-0.2, 0) is 17.9 Å². The van der Waals surface area contributed by atoms with Gasteiger partial charge in [-0.15, -0.1) is 0 Å². The number of aliphatic hydroxyl groups is 1. The van der Waals surface area contributed by atoms with E-state index < -0.39 is 0 Å². The van der Waals surface area contributed by atoms with Gasteiger partial charge in [-0.1, -0.05) is 38.1 Å². The quantitative estimate of drug-likeness (QED) is 0.681. The Kier molecular flexibility index (Phi) is 6.39. The zero-order chi connectivity index (χ0) is 13.4. The first-order valence-corrected chi connectivity index (χ1v) is 6.30. The molecule has 0 bridgehead atoms. The third-order valence-electron chi connectivity index (χ3n) is 2.57. The molecule has 0 aliphatic carbocycles. The summed E-state index contributed by atoms with van der Waals surface area (Å²) < 4.78 is 0. The van der Waals surface area contributed by atoms with Gasteiger partial charge in [0.05, 0.1) is 6.61 Å². The van der Waals surface area contributed by atoms with Gasteiger partial charge in [0.1, 0.15) is 0 Å². The zero-order valence-electron chi connectivity index (χ0n) is 11.1. The number of hydrogen-bond acceptors (Lipinski definition) is 3. The molecule has 4 nitrogen and oxygen atoms in total. The second-order valence-electron chi connectivity index (χ2n) is 4.61. The average Bonchev–Trinajstić information content (AvgIpc) is 2.36. The summed E-state index contributed by atoms with van der Waals surface area (Å²) in [5.74, 6) is 0.0394. The van der Waals surface area contributed by atoms with Crippen molar-refractivity contribution in [2.75, 3.05) is 6.54 Å². The molecular weight excluding hydrogens is 228 g/mol. The average molecular weight is 250 g/mol. The Bertz CT molecular complexity index is 378. The van der Waals surface area contributed by atoms with Crippen molar-refractivity contribution in [2.24, 2.45) is 0 Å². The summed E-state index contributed by atoms with van der Waals surface area (Å²) in [6.07, 6.45) is 0.484. The Hall–Kier alpha value is -1.39. The Balaban J connectivity index is 2.29.